The SMILES string of the molecule is COC(=O)c1ccc(I)cc1S(=O)(=O)N=C=O. The summed E-state index contributed by atoms with van der Waals surface area (Å²) >= 11 is 1.87. The molecule has 0 atom stereocenters. The van der Waals surface area contributed by atoms with Crippen LogP contribution in [0.15, 0.2) is 27.5 Å². The second-order valence-electron chi connectivity index (χ2n) is 2.79. The number of hydrogen-bond donors (Lipinski definition) is 0. The van der Waals surface area contributed by atoms with Crippen molar-refractivity contribution in [2.45, 2.75) is 4.90 Å². The Labute approximate surface area is 111 Å². The molecule has 1 rings (SSSR count). The van der Waals surface area contributed by atoms with Crippen LogP contribution in [0, 0.1) is 3.57 Å². The first-order valence-corrected chi connectivity index (χ1v) is 6.66. The molecule has 0 heterocycles. The number of benzene rings is 1. The highest BCUT2D eigenvalue weighted by atomic mass is 127. The third kappa shape index (κ3) is 3.11. The van der Waals surface area contributed by atoms with E-state index in [9.17, 15) is 18.0 Å². The van der Waals surface area contributed by atoms with Crippen LogP contribution in [0.4, 0.5) is 0 Å². The van der Waals surface area contributed by atoms with Gasteiger partial charge in [0.25, 0.3) is 16.1 Å². The van der Waals surface area contributed by atoms with Crippen LogP contribution in [0.1, 0.15) is 10.4 Å². The van der Waals surface area contributed by atoms with Gasteiger partial charge in [0.1, 0.15) is 4.90 Å². The summed E-state index contributed by atoms with van der Waals surface area (Å²) in [4.78, 5) is 21.0. The minimum absolute atomic E-state index is 0.174. The Bertz CT molecular complexity index is 604. The number of halogens is 1. The van der Waals surface area contributed by atoms with E-state index in [1.165, 1.54) is 18.2 Å². The van der Waals surface area contributed by atoms with Crippen LogP contribution >= 0.6 is 22.6 Å². The van der Waals surface area contributed by atoms with Crippen LogP contribution in [0.25, 0.3) is 0 Å². The lowest BCUT2D eigenvalue weighted by molar-refractivity contribution is 0.0596. The van der Waals surface area contributed by atoms with Crippen LogP contribution < -0.4 is 0 Å². The van der Waals surface area contributed by atoms with Gasteiger partial charge in [-0.05, 0) is 40.8 Å². The lowest BCUT2D eigenvalue weighted by atomic mass is 10.2. The summed E-state index contributed by atoms with van der Waals surface area (Å²) in [5, 5.41) is 0. The second kappa shape index (κ2) is 5.39. The second-order valence-corrected chi connectivity index (χ2v) is 5.61. The molecule has 1 aromatic rings. The summed E-state index contributed by atoms with van der Waals surface area (Å²) in [6, 6.07) is 4.06. The van der Waals surface area contributed by atoms with Gasteiger partial charge in [-0.2, -0.15) is 8.42 Å². The molecule has 0 radical (unpaired) electrons. The van der Waals surface area contributed by atoms with Crippen molar-refractivity contribution in [2.24, 2.45) is 4.40 Å². The van der Waals surface area contributed by atoms with E-state index in [0.29, 0.717) is 3.57 Å². The van der Waals surface area contributed by atoms with E-state index in [1.807, 2.05) is 22.6 Å². The smallest absolute Gasteiger partial charge is 0.339 e. The lowest BCUT2D eigenvalue weighted by Crippen LogP contribution is -2.09. The summed E-state index contributed by atoms with van der Waals surface area (Å²) in [5.74, 6) is -0.818. The molecule has 90 valence electrons. The molecule has 0 saturated carbocycles. The molecule has 0 aromatic heterocycles. The van der Waals surface area contributed by atoms with Crippen molar-refractivity contribution in [2.75, 3.05) is 7.11 Å². The first kappa shape index (κ1) is 13.8. The number of rotatable bonds is 3. The number of nitrogens with zero attached hydrogens (tertiary/aromatic N) is 1. The highest BCUT2D eigenvalue weighted by Gasteiger charge is 2.22. The zero-order chi connectivity index (χ0) is 13.1. The average molecular weight is 367 g/mol. The van der Waals surface area contributed by atoms with Gasteiger partial charge in [-0.25, -0.2) is 9.59 Å². The minimum Gasteiger partial charge on any atom is -0.465 e. The average Bonchev–Trinajstić information content (AvgIpc) is 2.28. The number of carbonyl (C=O) groups excluding carboxylic acids is 2. The normalized spacial score (nSPS) is 10.5. The van der Waals surface area contributed by atoms with Gasteiger partial charge in [0.05, 0.1) is 12.7 Å². The third-order valence-electron chi connectivity index (χ3n) is 1.78. The Morgan fingerprint density at radius 1 is 1.47 bits per heavy atom. The van der Waals surface area contributed by atoms with Crippen molar-refractivity contribution < 1.29 is 22.7 Å². The fraction of sp³-hybridized carbons (Fsp3) is 0.111. The van der Waals surface area contributed by atoms with Crippen molar-refractivity contribution in [3.63, 3.8) is 0 Å². The van der Waals surface area contributed by atoms with Gasteiger partial charge >= 0.3 is 5.97 Å². The van der Waals surface area contributed by atoms with E-state index in [1.54, 1.807) is 0 Å². The molecule has 0 aliphatic rings. The standard InChI is InChI=1S/C9H6INO5S/c1-16-9(13)7-3-2-6(10)4-8(7)17(14,15)11-5-12/h2-4H,1H3. The Kier molecular flexibility index (Phi) is 4.38. The number of ether oxygens (including phenoxy) is 1. The van der Waals surface area contributed by atoms with E-state index in [4.69, 9.17) is 0 Å². The molecule has 1 aromatic carbocycles. The highest BCUT2D eigenvalue weighted by molar-refractivity contribution is 14.1. The van der Waals surface area contributed by atoms with Crippen molar-refractivity contribution in [3.8, 4) is 0 Å². The molecular formula is C9H6INO5S. The molecule has 0 spiro atoms. The maximum absolute atomic E-state index is 11.6. The number of carbonyl (C=O) groups is 1. The minimum atomic E-state index is -4.22. The van der Waals surface area contributed by atoms with E-state index in [-0.39, 0.29) is 10.5 Å². The van der Waals surface area contributed by atoms with Crippen molar-refractivity contribution in [3.05, 3.63) is 27.3 Å². The lowest BCUT2D eigenvalue weighted by Gasteiger charge is -2.05. The Morgan fingerprint density at radius 3 is 2.65 bits per heavy atom. The fourth-order valence-corrected chi connectivity index (χ4v) is 2.69. The molecular weight excluding hydrogens is 361 g/mol. The quantitative estimate of drug-likeness (QED) is 0.346. The molecule has 0 aliphatic heterocycles. The van der Waals surface area contributed by atoms with E-state index in [0.717, 1.165) is 13.2 Å². The van der Waals surface area contributed by atoms with Gasteiger partial charge < -0.3 is 4.74 Å². The molecule has 0 unspecified atom stereocenters. The largest absolute Gasteiger partial charge is 0.465 e. The number of esters is 1. The summed E-state index contributed by atoms with van der Waals surface area (Å²) < 4.78 is 30.9. The molecule has 0 aliphatic carbocycles. The summed E-state index contributed by atoms with van der Waals surface area (Å²) in [7, 11) is -3.10. The Hall–Kier alpha value is -1.25. The van der Waals surface area contributed by atoms with Crippen LogP contribution in [0.5, 0.6) is 0 Å². The molecule has 0 bridgehead atoms. The summed E-state index contributed by atoms with van der Waals surface area (Å²) in [6.45, 7) is 0. The van der Waals surface area contributed by atoms with Crippen molar-refractivity contribution in [1.29, 1.82) is 0 Å². The predicted octanol–water partition coefficient (Wildman–Crippen LogP) is 1.10. The summed E-state index contributed by atoms with van der Waals surface area (Å²) in [6.07, 6.45) is 0.943. The van der Waals surface area contributed by atoms with Crippen molar-refractivity contribution in [1.82, 2.24) is 0 Å². The van der Waals surface area contributed by atoms with Gasteiger partial charge in [-0.1, -0.05) is 4.40 Å². The first-order chi connectivity index (χ1) is 7.92. The molecule has 6 nitrogen and oxygen atoms in total. The number of isocyanates is 1. The zero-order valence-electron chi connectivity index (χ0n) is 8.51. The zero-order valence-corrected chi connectivity index (χ0v) is 11.5. The topological polar surface area (TPSA) is 89.9 Å². The predicted molar refractivity (Wildman–Crippen MR) is 65.8 cm³/mol. The van der Waals surface area contributed by atoms with Crippen LogP contribution in [0.2, 0.25) is 0 Å². The van der Waals surface area contributed by atoms with Gasteiger partial charge in [-0.15, -0.1) is 0 Å². The molecule has 17 heavy (non-hydrogen) atoms. The molecule has 0 amide bonds. The first-order valence-electron chi connectivity index (χ1n) is 4.14. The maximum Gasteiger partial charge on any atom is 0.339 e. The van der Waals surface area contributed by atoms with Crippen LogP contribution in [-0.2, 0) is 19.6 Å². The third-order valence-corrected chi connectivity index (χ3v) is 3.66. The molecule has 8 heteroatoms. The summed E-state index contributed by atoms with van der Waals surface area (Å²) in [5.41, 5.74) is -0.174. The monoisotopic (exact) mass is 367 g/mol. The number of methoxy groups -OCH3 is 1. The number of sulfonamides is 1. The van der Waals surface area contributed by atoms with Gasteiger partial charge in [-0.3, -0.25) is 0 Å². The molecule has 0 saturated heterocycles. The molecule has 0 N–H and O–H groups in total. The van der Waals surface area contributed by atoms with Crippen LogP contribution in [0.3, 0.4) is 0 Å². The van der Waals surface area contributed by atoms with Gasteiger partial charge in [0.15, 0.2) is 0 Å². The van der Waals surface area contributed by atoms with Gasteiger partial charge in [0, 0.05) is 3.57 Å². The van der Waals surface area contributed by atoms with Crippen molar-refractivity contribution >= 4 is 44.7 Å². The highest BCUT2D eigenvalue weighted by Crippen LogP contribution is 2.21. The van der Waals surface area contributed by atoms with E-state index >= 15 is 0 Å². The number of hydrogen-bond acceptors (Lipinski definition) is 5. The maximum atomic E-state index is 11.6. The van der Waals surface area contributed by atoms with Gasteiger partial charge in [0.2, 0.25) is 0 Å². The molecule has 0 fully saturated rings. The van der Waals surface area contributed by atoms with E-state index in [2.05, 4.69) is 9.13 Å². The van der Waals surface area contributed by atoms with E-state index < -0.39 is 16.0 Å². The Morgan fingerprint density at radius 2 is 2.12 bits per heavy atom. The Balaban J connectivity index is 3.56. The fourth-order valence-electron chi connectivity index (χ4n) is 1.09. The van der Waals surface area contributed by atoms with Crippen LogP contribution in [-0.4, -0.2) is 27.6 Å².